The number of likely N-dealkylation sites (tertiary alicyclic amines) is 1. The number of para-hydroxylation sites is 1. The number of aromatic nitrogens is 3. The lowest BCUT2D eigenvalue weighted by Gasteiger charge is -2.30. The van der Waals surface area contributed by atoms with Gasteiger partial charge >= 0.3 is 0 Å². The van der Waals surface area contributed by atoms with Gasteiger partial charge in [-0.05, 0) is 52.0 Å². The van der Waals surface area contributed by atoms with Crippen molar-refractivity contribution in [3.63, 3.8) is 0 Å². The normalized spacial score (nSPS) is 15.8. The van der Waals surface area contributed by atoms with Crippen molar-refractivity contribution < 1.29 is 4.79 Å². The summed E-state index contributed by atoms with van der Waals surface area (Å²) in [5.74, 6) is 0.592. The zero-order chi connectivity index (χ0) is 19.7. The van der Waals surface area contributed by atoms with Gasteiger partial charge in [0.15, 0.2) is 5.43 Å². The first-order valence-corrected chi connectivity index (χ1v) is 9.64. The summed E-state index contributed by atoms with van der Waals surface area (Å²) in [5, 5.41) is 8.06. The van der Waals surface area contributed by atoms with E-state index in [-0.39, 0.29) is 17.9 Å². The SMILES string of the molecule is Cc1cc(=O)c2ccccc2n1CC(=O)Nc1ccnn1C1CCN(C)CC1. The average Bonchev–Trinajstić information content (AvgIpc) is 3.14. The summed E-state index contributed by atoms with van der Waals surface area (Å²) in [6.07, 6.45) is 3.77. The van der Waals surface area contributed by atoms with Gasteiger partial charge in [-0.1, -0.05) is 12.1 Å². The number of pyridine rings is 1. The van der Waals surface area contributed by atoms with Crippen molar-refractivity contribution in [3.8, 4) is 0 Å². The van der Waals surface area contributed by atoms with Crippen molar-refractivity contribution in [1.82, 2.24) is 19.2 Å². The number of carbonyl (C=O) groups is 1. The second-order valence-corrected chi connectivity index (χ2v) is 7.50. The van der Waals surface area contributed by atoms with Crippen LogP contribution in [0.1, 0.15) is 24.6 Å². The molecular weight excluding hydrogens is 354 g/mol. The molecule has 2 aromatic heterocycles. The molecule has 7 heteroatoms. The molecule has 28 heavy (non-hydrogen) atoms. The van der Waals surface area contributed by atoms with Gasteiger partial charge in [0.05, 0.1) is 17.8 Å². The Morgan fingerprint density at radius 3 is 2.75 bits per heavy atom. The van der Waals surface area contributed by atoms with Gasteiger partial charge in [-0.2, -0.15) is 5.10 Å². The van der Waals surface area contributed by atoms with E-state index in [2.05, 4.69) is 22.4 Å². The summed E-state index contributed by atoms with van der Waals surface area (Å²) in [7, 11) is 2.12. The first-order chi connectivity index (χ1) is 13.5. The fraction of sp³-hybridized carbons (Fsp3) is 0.381. The largest absolute Gasteiger partial charge is 0.335 e. The van der Waals surface area contributed by atoms with Gasteiger partial charge in [-0.15, -0.1) is 0 Å². The van der Waals surface area contributed by atoms with Crippen molar-refractivity contribution in [2.45, 2.75) is 32.4 Å². The number of amides is 1. The van der Waals surface area contributed by atoms with Crippen LogP contribution in [0.3, 0.4) is 0 Å². The average molecular weight is 379 g/mol. The molecule has 3 heterocycles. The van der Waals surface area contributed by atoms with E-state index in [0.717, 1.165) is 43.0 Å². The minimum absolute atomic E-state index is 0.0231. The van der Waals surface area contributed by atoms with Crippen LogP contribution >= 0.6 is 0 Å². The van der Waals surface area contributed by atoms with Gasteiger partial charge in [-0.3, -0.25) is 9.59 Å². The van der Waals surface area contributed by atoms with Crippen LogP contribution in [0.25, 0.3) is 10.9 Å². The Kier molecular flexibility index (Phi) is 5.00. The molecule has 7 nitrogen and oxygen atoms in total. The number of carbonyl (C=O) groups excluding carboxylic acids is 1. The topological polar surface area (TPSA) is 72.2 Å². The Bertz CT molecular complexity index is 1060. The minimum Gasteiger partial charge on any atom is -0.335 e. The Morgan fingerprint density at radius 1 is 1.21 bits per heavy atom. The third-order valence-corrected chi connectivity index (χ3v) is 5.50. The first-order valence-electron chi connectivity index (χ1n) is 9.64. The highest BCUT2D eigenvalue weighted by Crippen LogP contribution is 2.24. The number of nitrogens with one attached hydrogen (secondary N) is 1. The van der Waals surface area contributed by atoms with Crippen LogP contribution in [-0.2, 0) is 11.3 Å². The van der Waals surface area contributed by atoms with E-state index in [0.29, 0.717) is 11.4 Å². The molecule has 1 aliphatic heterocycles. The number of hydrogen-bond donors (Lipinski definition) is 1. The number of benzene rings is 1. The van der Waals surface area contributed by atoms with Crippen LogP contribution < -0.4 is 10.7 Å². The molecule has 0 unspecified atom stereocenters. The number of nitrogens with zero attached hydrogens (tertiary/aromatic N) is 4. The predicted octanol–water partition coefficient (Wildman–Crippen LogP) is 2.41. The van der Waals surface area contributed by atoms with Crippen molar-refractivity contribution in [2.24, 2.45) is 0 Å². The maximum absolute atomic E-state index is 12.8. The molecule has 0 atom stereocenters. The smallest absolute Gasteiger partial charge is 0.245 e. The Balaban J connectivity index is 1.55. The molecule has 1 aliphatic rings. The highest BCUT2D eigenvalue weighted by atomic mass is 16.2. The molecule has 3 aromatic rings. The quantitative estimate of drug-likeness (QED) is 0.756. The monoisotopic (exact) mass is 379 g/mol. The van der Waals surface area contributed by atoms with Crippen molar-refractivity contribution in [3.05, 3.63) is 58.5 Å². The van der Waals surface area contributed by atoms with Gasteiger partial charge in [0.1, 0.15) is 12.4 Å². The Morgan fingerprint density at radius 2 is 1.96 bits per heavy atom. The minimum atomic E-state index is -0.133. The second-order valence-electron chi connectivity index (χ2n) is 7.50. The van der Waals surface area contributed by atoms with Gasteiger partial charge in [0, 0.05) is 23.2 Å². The highest BCUT2D eigenvalue weighted by molar-refractivity contribution is 5.91. The Hall–Kier alpha value is -2.93. The molecule has 0 aliphatic carbocycles. The van der Waals surface area contributed by atoms with Crippen LogP contribution in [0.4, 0.5) is 5.82 Å². The van der Waals surface area contributed by atoms with Crippen LogP contribution in [-0.4, -0.2) is 45.3 Å². The summed E-state index contributed by atoms with van der Waals surface area (Å²) >= 11 is 0. The second kappa shape index (κ2) is 7.59. The van der Waals surface area contributed by atoms with E-state index in [1.54, 1.807) is 18.3 Å². The van der Waals surface area contributed by atoms with E-state index >= 15 is 0 Å². The van der Waals surface area contributed by atoms with Crippen LogP contribution in [0.5, 0.6) is 0 Å². The molecule has 0 spiro atoms. The molecule has 1 amide bonds. The third kappa shape index (κ3) is 3.57. The summed E-state index contributed by atoms with van der Waals surface area (Å²) in [4.78, 5) is 27.3. The van der Waals surface area contributed by atoms with E-state index in [9.17, 15) is 9.59 Å². The fourth-order valence-electron chi connectivity index (χ4n) is 3.93. The molecule has 1 N–H and O–H groups in total. The lowest BCUT2D eigenvalue weighted by molar-refractivity contribution is -0.116. The zero-order valence-electron chi connectivity index (χ0n) is 16.3. The lowest BCUT2D eigenvalue weighted by Crippen LogP contribution is -2.32. The number of fused-ring (bicyclic) bond motifs is 1. The van der Waals surface area contributed by atoms with Crippen LogP contribution in [0.15, 0.2) is 47.4 Å². The summed E-state index contributed by atoms with van der Waals surface area (Å²) < 4.78 is 3.81. The molecule has 1 saturated heterocycles. The summed E-state index contributed by atoms with van der Waals surface area (Å²) in [5.41, 5.74) is 1.51. The number of anilines is 1. The van der Waals surface area contributed by atoms with E-state index in [1.807, 2.05) is 40.4 Å². The number of piperidine rings is 1. The maximum atomic E-state index is 12.8. The molecule has 0 radical (unpaired) electrons. The van der Waals surface area contributed by atoms with Crippen LogP contribution in [0, 0.1) is 6.92 Å². The third-order valence-electron chi connectivity index (χ3n) is 5.50. The van der Waals surface area contributed by atoms with Gasteiger partial charge in [0.25, 0.3) is 0 Å². The van der Waals surface area contributed by atoms with E-state index in [4.69, 9.17) is 0 Å². The molecular formula is C21H25N5O2. The molecule has 1 fully saturated rings. The zero-order valence-corrected chi connectivity index (χ0v) is 16.3. The molecule has 146 valence electrons. The van der Waals surface area contributed by atoms with Crippen LogP contribution in [0.2, 0.25) is 0 Å². The first kappa shape index (κ1) is 18.4. The number of rotatable bonds is 4. The molecule has 4 rings (SSSR count). The summed E-state index contributed by atoms with van der Waals surface area (Å²) in [6, 6.07) is 11.1. The number of aryl methyl sites for hydroxylation is 1. The lowest BCUT2D eigenvalue weighted by atomic mass is 10.1. The van der Waals surface area contributed by atoms with E-state index in [1.165, 1.54) is 0 Å². The van der Waals surface area contributed by atoms with Gasteiger partial charge in [-0.25, -0.2) is 4.68 Å². The standard InChI is InChI=1S/C21H25N5O2/c1-15-13-19(27)17-5-3-4-6-18(17)25(15)14-21(28)23-20-7-10-22-26(20)16-8-11-24(2)12-9-16/h3-7,10,13,16H,8-9,11-12,14H2,1-2H3,(H,23,28). The molecule has 1 aromatic carbocycles. The fourth-order valence-corrected chi connectivity index (χ4v) is 3.93. The van der Waals surface area contributed by atoms with E-state index < -0.39 is 0 Å². The molecule has 0 bridgehead atoms. The van der Waals surface area contributed by atoms with Gasteiger partial charge < -0.3 is 14.8 Å². The van der Waals surface area contributed by atoms with Gasteiger partial charge in [0.2, 0.25) is 5.91 Å². The number of hydrogen-bond acceptors (Lipinski definition) is 4. The highest BCUT2D eigenvalue weighted by Gasteiger charge is 2.21. The Labute approximate surface area is 163 Å². The predicted molar refractivity (Wildman–Crippen MR) is 110 cm³/mol. The maximum Gasteiger partial charge on any atom is 0.245 e. The summed E-state index contributed by atoms with van der Waals surface area (Å²) in [6.45, 7) is 4.05. The van der Waals surface area contributed by atoms with Crippen molar-refractivity contribution in [2.75, 3.05) is 25.5 Å². The van der Waals surface area contributed by atoms with Crippen molar-refractivity contribution >= 4 is 22.6 Å². The van der Waals surface area contributed by atoms with Crippen molar-refractivity contribution in [1.29, 1.82) is 0 Å². The molecule has 0 saturated carbocycles.